The number of para-hydroxylation sites is 1. The molecule has 23 heavy (non-hydrogen) atoms. The van der Waals surface area contributed by atoms with Gasteiger partial charge in [-0.25, -0.2) is 0 Å². The highest BCUT2D eigenvalue weighted by Crippen LogP contribution is 2.31. The van der Waals surface area contributed by atoms with Crippen molar-refractivity contribution in [3.8, 4) is 5.75 Å². The molecule has 2 amide bonds. The number of fused-ring (bicyclic) bond motifs is 1. The van der Waals surface area contributed by atoms with E-state index in [9.17, 15) is 9.59 Å². The predicted octanol–water partition coefficient (Wildman–Crippen LogP) is 2.11. The zero-order chi connectivity index (χ0) is 16.6. The molecule has 2 aromatic rings. The number of nitrogens with one attached hydrogen (secondary N) is 1. The van der Waals surface area contributed by atoms with E-state index in [2.05, 4.69) is 10.3 Å². The third-order valence-electron chi connectivity index (χ3n) is 4.31. The summed E-state index contributed by atoms with van der Waals surface area (Å²) in [4.78, 5) is 30.1. The lowest BCUT2D eigenvalue weighted by Crippen LogP contribution is -2.39. The molecule has 6 nitrogen and oxygen atoms in total. The van der Waals surface area contributed by atoms with E-state index < -0.39 is 6.04 Å². The van der Waals surface area contributed by atoms with Crippen molar-refractivity contribution in [3.05, 3.63) is 30.0 Å². The van der Waals surface area contributed by atoms with Gasteiger partial charge in [0.15, 0.2) is 0 Å². The normalized spacial score (nSPS) is 17.6. The number of hydrogen-bond donors (Lipinski definition) is 1. The second kappa shape index (κ2) is 5.87. The third-order valence-corrected chi connectivity index (χ3v) is 4.31. The van der Waals surface area contributed by atoms with Crippen LogP contribution >= 0.6 is 0 Å². The summed E-state index contributed by atoms with van der Waals surface area (Å²) in [5.74, 6) is 0.492. The Balaban J connectivity index is 1.98. The van der Waals surface area contributed by atoms with Crippen molar-refractivity contribution in [2.45, 2.75) is 25.8 Å². The number of anilines is 1. The number of carbonyl (C=O) groups is 2. The van der Waals surface area contributed by atoms with Crippen LogP contribution in [0.4, 0.5) is 5.69 Å². The van der Waals surface area contributed by atoms with Gasteiger partial charge in [-0.05, 0) is 25.0 Å². The summed E-state index contributed by atoms with van der Waals surface area (Å²) in [6.07, 6.45) is 2.68. The Morgan fingerprint density at radius 3 is 2.87 bits per heavy atom. The summed E-state index contributed by atoms with van der Waals surface area (Å²) >= 11 is 0. The molecule has 0 aliphatic carbocycles. The molecule has 0 saturated carbocycles. The quantitative estimate of drug-likeness (QED) is 0.942. The van der Waals surface area contributed by atoms with Crippen LogP contribution in [0.2, 0.25) is 0 Å². The van der Waals surface area contributed by atoms with E-state index in [4.69, 9.17) is 4.74 Å². The van der Waals surface area contributed by atoms with Gasteiger partial charge in [-0.3, -0.25) is 14.6 Å². The molecule has 1 fully saturated rings. The molecule has 2 heterocycles. The summed E-state index contributed by atoms with van der Waals surface area (Å²) in [7, 11) is 3.26. The molecule has 1 aliphatic rings. The lowest BCUT2D eigenvalue weighted by Gasteiger charge is -2.20. The van der Waals surface area contributed by atoms with Crippen molar-refractivity contribution in [3.63, 3.8) is 0 Å². The van der Waals surface area contributed by atoms with Crippen LogP contribution in [0.5, 0.6) is 5.75 Å². The number of rotatable bonds is 3. The summed E-state index contributed by atoms with van der Waals surface area (Å²) < 4.78 is 5.33. The standard InChI is InChI=1S/C17H19N3O3/c1-10-9-18-16-11(5-4-6-13(16)23-3)15(10)19-17(22)12-7-8-14(21)20(12)2/h4-6,9,12H,7-8H2,1-3H3,(H,18,19,22)/t12-/m1/s1. The average molecular weight is 313 g/mol. The number of methoxy groups -OCH3 is 1. The third kappa shape index (κ3) is 2.60. The van der Waals surface area contributed by atoms with Crippen molar-refractivity contribution < 1.29 is 14.3 Å². The van der Waals surface area contributed by atoms with Gasteiger partial charge in [-0.1, -0.05) is 12.1 Å². The maximum Gasteiger partial charge on any atom is 0.247 e. The lowest BCUT2D eigenvalue weighted by atomic mass is 10.1. The van der Waals surface area contributed by atoms with E-state index in [0.29, 0.717) is 29.8 Å². The SMILES string of the molecule is COc1cccc2c(NC(=O)[C@H]3CCC(=O)N3C)c(C)cnc12. The van der Waals surface area contributed by atoms with E-state index in [1.807, 2.05) is 25.1 Å². The molecule has 1 atom stereocenters. The molecule has 1 N–H and O–H groups in total. The van der Waals surface area contributed by atoms with Gasteiger partial charge in [0, 0.05) is 25.1 Å². The van der Waals surface area contributed by atoms with Gasteiger partial charge in [0.2, 0.25) is 11.8 Å². The van der Waals surface area contributed by atoms with Gasteiger partial charge in [0.25, 0.3) is 0 Å². The summed E-state index contributed by atoms with van der Waals surface area (Å²) in [6.45, 7) is 1.89. The Labute approximate surface area is 134 Å². The topological polar surface area (TPSA) is 71.5 Å². The van der Waals surface area contributed by atoms with Crippen molar-refractivity contribution in [1.82, 2.24) is 9.88 Å². The van der Waals surface area contributed by atoms with Crippen LogP contribution in [0.15, 0.2) is 24.4 Å². The van der Waals surface area contributed by atoms with Crippen LogP contribution in [-0.2, 0) is 9.59 Å². The molecular weight excluding hydrogens is 294 g/mol. The first kappa shape index (κ1) is 15.3. The van der Waals surface area contributed by atoms with Crippen LogP contribution in [0.1, 0.15) is 18.4 Å². The fraction of sp³-hybridized carbons (Fsp3) is 0.353. The van der Waals surface area contributed by atoms with Gasteiger partial charge in [0.05, 0.1) is 12.8 Å². The first-order valence-electron chi connectivity index (χ1n) is 7.51. The molecule has 1 saturated heterocycles. The molecule has 1 aromatic carbocycles. The Kier molecular flexibility index (Phi) is 3.90. The van der Waals surface area contributed by atoms with Gasteiger partial charge >= 0.3 is 0 Å². The fourth-order valence-electron chi connectivity index (χ4n) is 2.94. The maximum absolute atomic E-state index is 12.6. The molecule has 3 rings (SSSR count). The van der Waals surface area contributed by atoms with E-state index in [1.54, 1.807) is 20.4 Å². The number of likely N-dealkylation sites (tertiary alicyclic amines) is 1. The first-order chi connectivity index (χ1) is 11.0. The number of aromatic nitrogens is 1. The van der Waals surface area contributed by atoms with Crippen LogP contribution in [0.25, 0.3) is 10.9 Å². The highest BCUT2D eigenvalue weighted by molar-refractivity contribution is 6.06. The second-order valence-electron chi connectivity index (χ2n) is 5.72. The lowest BCUT2D eigenvalue weighted by molar-refractivity contribution is -0.131. The molecular formula is C17H19N3O3. The monoisotopic (exact) mass is 313 g/mol. The predicted molar refractivity (Wildman–Crippen MR) is 87.5 cm³/mol. The van der Waals surface area contributed by atoms with Gasteiger partial charge in [0.1, 0.15) is 17.3 Å². The molecule has 0 bridgehead atoms. The number of benzene rings is 1. The molecule has 0 spiro atoms. The largest absolute Gasteiger partial charge is 0.494 e. The summed E-state index contributed by atoms with van der Waals surface area (Å²) in [5, 5.41) is 3.79. The van der Waals surface area contributed by atoms with Crippen LogP contribution in [-0.4, -0.2) is 41.9 Å². The molecule has 6 heteroatoms. The molecule has 1 aliphatic heterocycles. The highest BCUT2D eigenvalue weighted by atomic mass is 16.5. The van der Waals surface area contributed by atoms with E-state index in [0.717, 1.165) is 10.9 Å². The maximum atomic E-state index is 12.6. The van der Waals surface area contributed by atoms with E-state index >= 15 is 0 Å². The number of hydrogen-bond acceptors (Lipinski definition) is 4. The number of carbonyl (C=O) groups excluding carboxylic acids is 2. The van der Waals surface area contributed by atoms with Crippen LogP contribution in [0.3, 0.4) is 0 Å². The van der Waals surface area contributed by atoms with E-state index in [1.165, 1.54) is 4.90 Å². The van der Waals surface area contributed by atoms with Crippen molar-refractivity contribution in [2.75, 3.05) is 19.5 Å². The van der Waals surface area contributed by atoms with Crippen molar-refractivity contribution in [2.24, 2.45) is 0 Å². The fourth-order valence-corrected chi connectivity index (χ4v) is 2.94. The number of likely N-dealkylation sites (N-methyl/N-ethyl adjacent to an activating group) is 1. The molecule has 0 radical (unpaired) electrons. The number of aryl methyl sites for hydroxylation is 1. The van der Waals surface area contributed by atoms with Crippen molar-refractivity contribution >= 4 is 28.4 Å². The van der Waals surface area contributed by atoms with Crippen LogP contribution in [0, 0.1) is 6.92 Å². The van der Waals surface area contributed by atoms with Gasteiger partial charge < -0.3 is 15.0 Å². The summed E-state index contributed by atoms with van der Waals surface area (Å²) in [5.41, 5.74) is 2.28. The molecule has 120 valence electrons. The summed E-state index contributed by atoms with van der Waals surface area (Å²) in [6, 6.07) is 5.18. The zero-order valence-corrected chi connectivity index (χ0v) is 13.4. The van der Waals surface area contributed by atoms with Gasteiger partial charge in [-0.15, -0.1) is 0 Å². The second-order valence-corrected chi connectivity index (χ2v) is 5.72. The number of pyridine rings is 1. The minimum Gasteiger partial charge on any atom is -0.494 e. The van der Waals surface area contributed by atoms with Crippen LogP contribution < -0.4 is 10.1 Å². The molecule has 0 unspecified atom stereocenters. The Morgan fingerprint density at radius 1 is 1.43 bits per heavy atom. The minimum atomic E-state index is -0.421. The Morgan fingerprint density at radius 2 is 2.22 bits per heavy atom. The number of nitrogens with zero attached hydrogens (tertiary/aromatic N) is 2. The number of amides is 2. The zero-order valence-electron chi connectivity index (χ0n) is 13.4. The smallest absolute Gasteiger partial charge is 0.247 e. The van der Waals surface area contributed by atoms with Crippen molar-refractivity contribution in [1.29, 1.82) is 0 Å². The Bertz CT molecular complexity index is 788. The Hall–Kier alpha value is -2.63. The average Bonchev–Trinajstić information content (AvgIpc) is 2.89. The number of ether oxygens (including phenoxy) is 1. The highest BCUT2D eigenvalue weighted by Gasteiger charge is 2.33. The minimum absolute atomic E-state index is 0.00290. The van der Waals surface area contributed by atoms with Gasteiger partial charge in [-0.2, -0.15) is 0 Å². The molecule has 1 aromatic heterocycles. The first-order valence-corrected chi connectivity index (χ1v) is 7.51. The van der Waals surface area contributed by atoms with E-state index in [-0.39, 0.29) is 11.8 Å².